The molecule has 2 aromatic carbocycles. The number of hydrogen-bond donors (Lipinski definition) is 1. The summed E-state index contributed by atoms with van der Waals surface area (Å²) in [6.45, 7) is 20.9. The Morgan fingerprint density at radius 3 is 1.04 bits per heavy atom. The summed E-state index contributed by atoms with van der Waals surface area (Å²) in [5.74, 6) is 0.454. The van der Waals surface area contributed by atoms with Crippen LogP contribution in [0.5, 0.6) is 5.75 Å². The number of phenolic OH excluding ortho intramolecular Hbond substituents is 1. The fraction of sp³-hybridized carbons (Fsp3) is 0.455. The summed E-state index contributed by atoms with van der Waals surface area (Å²) >= 11 is 0. The van der Waals surface area contributed by atoms with Crippen LogP contribution in [0, 0.1) is 75.3 Å². The van der Waals surface area contributed by atoms with Gasteiger partial charge >= 0.3 is 0 Å². The molecule has 0 atom stereocenters. The maximum Gasteiger partial charge on any atom is 0.121 e. The maximum atomic E-state index is 9.69. The Labute approximate surface area is 173 Å². The standard InChI is InChI=1S/C11H16O.C11H15.Y/c1-6-7(2)9(4)11(12)10(5)8(6)3;1-7-6-8(2)10(4)11(5)9(7)3;/h12H,1-5H3;1-5H3;/q;-1;. The first-order chi connectivity index (χ1) is 10.5. The summed E-state index contributed by atoms with van der Waals surface area (Å²) in [5, 5.41) is 9.69. The third-order valence-electron chi connectivity index (χ3n) is 5.59. The average molecular weight is 400 g/mol. The van der Waals surface area contributed by atoms with Crippen LogP contribution in [0.4, 0.5) is 0 Å². The van der Waals surface area contributed by atoms with Crippen LogP contribution in [0.15, 0.2) is 0 Å². The molecule has 0 amide bonds. The summed E-state index contributed by atoms with van der Waals surface area (Å²) in [7, 11) is 0. The van der Waals surface area contributed by atoms with Gasteiger partial charge in [-0.25, -0.2) is 0 Å². The molecule has 0 aliphatic rings. The molecule has 2 rings (SSSR count). The molecular formula is C22H31OY-. The Morgan fingerprint density at radius 1 is 0.458 bits per heavy atom. The largest absolute Gasteiger partial charge is 0.507 e. The van der Waals surface area contributed by atoms with E-state index in [0.717, 1.165) is 11.1 Å². The van der Waals surface area contributed by atoms with Crippen molar-refractivity contribution in [3.05, 3.63) is 61.7 Å². The predicted molar refractivity (Wildman–Crippen MR) is 101 cm³/mol. The van der Waals surface area contributed by atoms with Gasteiger partial charge in [0.25, 0.3) is 0 Å². The summed E-state index contributed by atoms with van der Waals surface area (Å²) in [6, 6.07) is 3.35. The maximum absolute atomic E-state index is 9.69. The molecule has 0 aliphatic heterocycles. The second-order valence-electron chi connectivity index (χ2n) is 6.72. The van der Waals surface area contributed by atoms with E-state index in [0.29, 0.717) is 5.75 Å². The quantitative estimate of drug-likeness (QED) is 0.541. The van der Waals surface area contributed by atoms with Gasteiger partial charge in [0, 0.05) is 32.7 Å². The van der Waals surface area contributed by atoms with E-state index in [4.69, 9.17) is 0 Å². The zero-order valence-corrected chi connectivity index (χ0v) is 19.9. The number of aromatic hydroxyl groups is 1. The number of aryl methyl sites for hydroxylation is 2. The van der Waals surface area contributed by atoms with E-state index in [9.17, 15) is 5.11 Å². The normalized spacial score (nSPS) is 9.92. The average Bonchev–Trinajstić information content (AvgIpc) is 2.53. The zero-order chi connectivity index (χ0) is 18.1. The molecular weight excluding hydrogens is 369 g/mol. The van der Waals surface area contributed by atoms with Crippen molar-refractivity contribution >= 4 is 0 Å². The zero-order valence-electron chi connectivity index (χ0n) is 17.0. The van der Waals surface area contributed by atoms with Gasteiger partial charge in [0.2, 0.25) is 0 Å². The van der Waals surface area contributed by atoms with E-state index in [-0.39, 0.29) is 32.7 Å². The van der Waals surface area contributed by atoms with Gasteiger partial charge in [-0.15, -0.1) is 0 Å². The minimum absolute atomic E-state index is 0. The Kier molecular flexibility index (Phi) is 8.91. The van der Waals surface area contributed by atoms with Gasteiger partial charge in [-0.3, -0.25) is 0 Å². The van der Waals surface area contributed by atoms with Gasteiger partial charge in [-0.1, -0.05) is 34.6 Å². The fourth-order valence-corrected chi connectivity index (χ4v) is 2.79. The van der Waals surface area contributed by atoms with Crippen LogP contribution < -0.4 is 0 Å². The van der Waals surface area contributed by atoms with Crippen molar-refractivity contribution in [3.8, 4) is 5.75 Å². The van der Waals surface area contributed by atoms with Gasteiger partial charge in [0.1, 0.15) is 5.75 Å². The molecule has 2 aromatic rings. The van der Waals surface area contributed by atoms with Crippen molar-refractivity contribution in [1.82, 2.24) is 0 Å². The van der Waals surface area contributed by atoms with E-state index in [1.807, 2.05) is 13.8 Å². The molecule has 1 radical (unpaired) electrons. The molecule has 0 spiro atoms. The van der Waals surface area contributed by atoms with Gasteiger partial charge in [-0.2, -0.15) is 33.9 Å². The second kappa shape index (κ2) is 9.16. The summed E-state index contributed by atoms with van der Waals surface area (Å²) < 4.78 is 0. The first-order valence-electron chi connectivity index (χ1n) is 8.22. The molecule has 0 aliphatic carbocycles. The fourth-order valence-electron chi connectivity index (χ4n) is 2.79. The number of hydrogen-bond acceptors (Lipinski definition) is 1. The molecule has 0 unspecified atom stereocenters. The number of phenols is 1. The molecule has 0 heterocycles. The molecule has 0 aromatic heterocycles. The van der Waals surface area contributed by atoms with Gasteiger partial charge in [-0.05, 0) is 62.4 Å². The molecule has 0 bridgehead atoms. The van der Waals surface area contributed by atoms with Gasteiger partial charge in [0.15, 0.2) is 0 Å². The van der Waals surface area contributed by atoms with Crippen LogP contribution in [0.3, 0.4) is 0 Å². The van der Waals surface area contributed by atoms with E-state index >= 15 is 0 Å². The van der Waals surface area contributed by atoms with Crippen LogP contribution in [-0.4, -0.2) is 5.11 Å². The number of benzene rings is 2. The topological polar surface area (TPSA) is 20.2 Å². The third kappa shape index (κ3) is 4.70. The van der Waals surface area contributed by atoms with Gasteiger partial charge in [0.05, 0.1) is 0 Å². The molecule has 129 valence electrons. The molecule has 24 heavy (non-hydrogen) atoms. The minimum Gasteiger partial charge on any atom is -0.507 e. The number of rotatable bonds is 0. The molecule has 0 saturated carbocycles. The third-order valence-corrected chi connectivity index (χ3v) is 5.59. The van der Waals surface area contributed by atoms with E-state index in [2.05, 4.69) is 61.5 Å². The van der Waals surface area contributed by atoms with Crippen LogP contribution in [-0.2, 0) is 32.7 Å². The minimum atomic E-state index is 0. The Morgan fingerprint density at radius 2 is 0.708 bits per heavy atom. The first kappa shape index (κ1) is 23.3. The SMILES string of the molecule is Cc1[c-]c(C)c(C)c(C)c1C.Cc1c(C)c(C)c(O)c(C)c1C.[Y]. The Balaban J connectivity index is 0.000000425. The van der Waals surface area contributed by atoms with Crippen LogP contribution in [0.1, 0.15) is 55.6 Å². The smallest absolute Gasteiger partial charge is 0.121 e. The van der Waals surface area contributed by atoms with Crippen molar-refractivity contribution in [1.29, 1.82) is 0 Å². The van der Waals surface area contributed by atoms with Crippen LogP contribution >= 0.6 is 0 Å². The van der Waals surface area contributed by atoms with Gasteiger partial charge < -0.3 is 5.11 Å². The first-order valence-corrected chi connectivity index (χ1v) is 8.22. The summed E-state index contributed by atoms with van der Waals surface area (Å²) in [4.78, 5) is 0. The van der Waals surface area contributed by atoms with Crippen molar-refractivity contribution < 1.29 is 37.8 Å². The van der Waals surface area contributed by atoms with E-state index in [1.54, 1.807) is 0 Å². The van der Waals surface area contributed by atoms with Crippen LogP contribution in [0.25, 0.3) is 0 Å². The summed E-state index contributed by atoms with van der Waals surface area (Å²) in [6.07, 6.45) is 0. The van der Waals surface area contributed by atoms with Crippen molar-refractivity contribution in [2.24, 2.45) is 0 Å². The predicted octanol–water partition coefficient (Wildman–Crippen LogP) is 5.96. The molecule has 0 saturated heterocycles. The van der Waals surface area contributed by atoms with Crippen molar-refractivity contribution in [2.45, 2.75) is 69.2 Å². The molecule has 0 fully saturated rings. The molecule has 2 heteroatoms. The van der Waals surface area contributed by atoms with E-state index in [1.165, 1.54) is 44.5 Å². The molecule has 1 nitrogen and oxygen atoms in total. The summed E-state index contributed by atoms with van der Waals surface area (Å²) in [5.41, 5.74) is 12.5. The Bertz CT molecular complexity index is 611. The van der Waals surface area contributed by atoms with E-state index < -0.39 is 0 Å². The van der Waals surface area contributed by atoms with Crippen LogP contribution in [0.2, 0.25) is 0 Å². The monoisotopic (exact) mass is 400 g/mol. The molecule has 1 N–H and O–H groups in total. The van der Waals surface area contributed by atoms with Crippen molar-refractivity contribution in [2.75, 3.05) is 0 Å². The Hall–Kier alpha value is -0.656. The second-order valence-corrected chi connectivity index (χ2v) is 6.72. The van der Waals surface area contributed by atoms with Crippen molar-refractivity contribution in [3.63, 3.8) is 0 Å².